The third kappa shape index (κ3) is 3.22. The van der Waals surface area contributed by atoms with Crippen LogP contribution in [0.2, 0.25) is 0 Å². The maximum absolute atomic E-state index is 11.9. The molecular formula is C13H25NO. The highest BCUT2D eigenvalue weighted by Gasteiger charge is 2.27. The van der Waals surface area contributed by atoms with Gasteiger partial charge in [0.05, 0.1) is 0 Å². The van der Waals surface area contributed by atoms with Crippen LogP contribution in [-0.2, 0) is 4.79 Å². The molecule has 1 amide bonds. The predicted octanol–water partition coefficient (Wildman–Crippen LogP) is 3.36. The molecule has 0 aromatic heterocycles. The molecule has 1 saturated carbocycles. The molecule has 0 spiro atoms. The normalized spacial score (nSPS) is 19.9. The van der Waals surface area contributed by atoms with Gasteiger partial charge in [0.1, 0.15) is 0 Å². The highest BCUT2D eigenvalue weighted by Crippen LogP contribution is 2.25. The largest absolute Gasteiger partial charge is 0.337 e. The number of amides is 1. The molecule has 1 aliphatic carbocycles. The van der Waals surface area contributed by atoms with Gasteiger partial charge < -0.3 is 4.90 Å². The monoisotopic (exact) mass is 211 g/mol. The van der Waals surface area contributed by atoms with Crippen molar-refractivity contribution >= 4 is 5.91 Å². The van der Waals surface area contributed by atoms with Gasteiger partial charge in [0.15, 0.2) is 0 Å². The van der Waals surface area contributed by atoms with Crippen LogP contribution in [0.5, 0.6) is 0 Å². The fourth-order valence-electron chi connectivity index (χ4n) is 2.55. The minimum absolute atomic E-state index is 0.344. The molecule has 0 radical (unpaired) electrons. The molecule has 0 aliphatic heterocycles. The Balaban J connectivity index is 2.65. The Bertz CT molecular complexity index is 197. The van der Waals surface area contributed by atoms with Crippen molar-refractivity contribution in [2.75, 3.05) is 0 Å². The van der Waals surface area contributed by atoms with E-state index in [2.05, 4.69) is 18.7 Å². The molecule has 1 atom stereocenters. The first-order valence-electron chi connectivity index (χ1n) is 6.51. The smallest absolute Gasteiger partial charge is 0.222 e. The van der Waals surface area contributed by atoms with Crippen molar-refractivity contribution < 1.29 is 4.79 Å². The summed E-state index contributed by atoms with van der Waals surface area (Å²) in [5.74, 6) is 0.344. The topological polar surface area (TPSA) is 20.3 Å². The van der Waals surface area contributed by atoms with Crippen molar-refractivity contribution in [1.29, 1.82) is 0 Å². The Hall–Kier alpha value is -0.530. The first-order valence-corrected chi connectivity index (χ1v) is 6.51. The van der Waals surface area contributed by atoms with Gasteiger partial charge >= 0.3 is 0 Å². The van der Waals surface area contributed by atoms with E-state index in [1.807, 2.05) is 6.92 Å². The van der Waals surface area contributed by atoms with Gasteiger partial charge in [-0.15, -0.1) is 0 Å². The minimum Gasteiger partial charge on any atom is -0.337 e. The molecule has 0 bridgehead atoms. The fourth-order valence-corrected chi connectivity index (χ4v) is 2.55. The third-order valence-corrected chi connectivity index (χ3v) is 3.62. The Morgan fingerprint density at radius 3 is 2.33 bits per heavy atom. The van der Waals surface area contributed by atoms with Crippen LogP contribution >= 0.6 is 0 Å². The van der Waals surface area contributed by atoms with Gasteiger partial charge in [-0.25, -0.2) is 0 Å². The lowest BCUT2D eigenvalue weighted by molar-refractivity contribution is -0.136. The Kier molecular flexibility index (Phi) is 5.13. The molecule has 0 aromatic carbocycles. The van der Waals surface area contributed by atoms with Crippen LogP contribution < -0.4 is 0 Å². The highest BCUT2D eigenvalue weighted by molar-refractivity contribution is 5.76. The van der Waals surface area contributed by atoms with E-state index < -0.39 is 0 Å². The summed E-state index contributed by atoms with van der Waals surface area (Å²) in [6, 6.07) is 0.946. The quantitative estimate of drug-likeness (QED) is 0.698. The maximum Gasteiger partial charge on any atom is 0.222 e. The van der Waals surface area contributed by atoms with Gasteiger partial charge in [0.2, 0.25) is 5.91 Å². The summed E-state index contributed by atoms with van der Waals surface area (Å²) < 4.78 is 0. The van der Waals surface area contributed by atoms with Crippen molar-refractivity contribution in [3.05, 3.63) is 0 Å². The number of carbonyl (C=O) groups is 1. The number of carbonyl (C=O) groups excluding carboxylic acids is 1. The minimum atomic E-state index is 0.344. The number of rotatable bonds is 4. The molecule has 0 N–H and O–H groups in total. The van der Waals surface area contributed by atoms with Gasteiger partial charge in [-0.2, -0.15) is 0 Å². The fraction of sp³-hybridized carbons (Fsp3) is 0.923. The summed E-state index contributed by atoms with van der Waals surface area (Å²) in [6.07, 6.45) is 8.11. The molecule has 2 nitrogen and oxygen atoms in total. The molecular weight excluding hydrogens is 186 g/mol. The second-order valence-corrected chi connectivity index (χ2v) is 4.70. The van der Waals surface area contributed by atoms with Crippen molar-refractivity contribution in [2.45, 2.75) is 77.8 Å². The number of hydrogen-bond acceptors (Lipinski definition) is 1. The number of nitrogens with zero attached hydrogens (tertiary/aromatic N) is 1. The van der Waals surface area contributed by atoms with E-state index in [4.69, 9.17) is 0 Å². The molecule has 88 valence electrons. The average molecular weight is 211 g/mol. The molecule has 15 heavy (non-hydrogen) atoms. The van der Waals surface area contributed by atoms with E-state index >= 15 is 0 Å². The van der Waals surface area contributed by atoms with Crippen LogP contribution in [0.1, 0.15) is 65.7 Å². The van der Waals surface area contributed by atoms with E-state index in [1.165, 1.54) is 32.1 Å². The highest BCUT2D eigenvalue weighted by atomic mass is 16.2. The Labute approximate surface area is 94.0 Å². The van der Waals surface area contributed by atoms with Crippen LogP contribution in [0.4, 0.5) is 0 Å². The molecule has 1 fully saturated rings. The van der Waals surface area contributed by atoms with Crippen LogP contribution in [-0.4, -0.2) is 22.9 Å². The van der Waals surface area contributed by atoms with E-state index in [1.54, 1.807) is 0 Å². The average Bonchev–Trinajstić information content (AvgIpc) is 2.30. The first-order chi connectivity index (χ1) is 7.20. The molecule has 2 heteroatoms. The van der Waals surface area contributed by atoms with Crippen LogP contribution in [0.25, 0.3) is 0 Å². The van der Waals surface area contributed by atoms with E-state index in [0.29, 0.717) is 24.4 Å². The van der Waals surface area contributed by atoms with Crippen molar-refractivity contribution in [3.63, 3.8) is 0 Å². The predicted molar refractivity (Wildman–Crippen MR) is 63.8 cm³/mol. The van der Waals surface area contributed by atoms with Gasteiger partial charge in [-0.1, -0.05) is 33.1 Å². The second-order valence-electron chi connectivity index (χ2n) is 4.70. The van der Waals surface area contributed by atoms with Crippen LogP contribution in [0, 0.1) is 0 Å². The maximum atomic E-state index is 11.9. The van der Waals surface area contributed by atoms with Crippen molar-refractivity contribution in [1.82, 2.24) is 4.90 Å². The van der Waals surface area contributed by atoms with E-state index in [0.717, 1.165) is 6.42 Å². The van der Waals surface area contributed by atoms with Crippen LogP contribution in [0.15, 0.2) is 0 Å². The Morgan fingerprint density at radius 2 is 1.87 bits per heavy atom. The molecule has 1 aliphatic rings. The number of hydrogen-bond donors (Lipinski definition) is 0. The zero-order valence-corrected chi connectivity index (χ0v) is 10.5. The zero-order valence-electron chi connectivity index (χ0n) is 10.5. The molecule has 1 unspecified atom stereocenters. The lowest BCUT2D eigenvalue weighted by Gasteiger charge is -2.38. The summed E-state index contributed by atoms with van der Waals surface area (Å²) in [5, 5.41) is 0. The van der Waals surface area contributed by atoms with Gasteiger partial charge in [0, 0.05) is 18.5 Å². The second kappa shape index (κ2) is 6.14. The third-order valence-electron chi connectivity index (χ3n) is 3.62. The van der Waals surface area contributed by atoms with Crippen LogP contribution in [0.3, 0.4) is 0 Å². The Morgan fingerprint density at radius 1 is 1.27 bits per heavy atom. The zero-order chi connectivity index (χ0) is 11.3. The van der Waals surface area contributed by atoms with E-state index in [-0.39, 0.29) is 0 Å². The molecule has 0 aromatic rings. The SMILES string of the molecule is CCC(=O)N(C(C)CC)C1CCCCC1. The summed E-state index contributed by atoms with van der Waals surface area (Å²) in [6.45, 7) is 6.33. The van der Waals surface area contributed by atoms with E-state index in [9.17, 15) is 4.79 Å². The lowest BCUT2D eigenvalue weighted by Crippen LogP contribution is -2.46. The standard InChI is InChI=1S/C13H25NO/c1-4-11(3)14(13(15)5-2)12-9-7-6-8-10-12/h11-12H,4-10H2,1-3H3. The van der Waals surface area contributed by atoms with Gasteiger partial charge in [-0.05, 0) is 26.2 Å². The molecule has 0 heterocycles. The van der Waals surface area contributed by atoms with Crippen molar-refractivity contribution in [2.24, 2.45) is 0 Å². The van der Waals surface area contributed by atoms with Crippen molar-refractivity contribution in [3.8, 4) is 0 Å². The molecule has 1 rings (SSSR count). The summed E-state index contributed by atoms with van der Waals surface area (Å²) in [7, 11) is 0. The lowest BCUT2D eigenvalue weighted by atomic mass is 9.92. The summed E-state index contributed by atoms with van der Waals surface area (Å²) >= 11 is 0. The van der Waals surface area contributed by atoms with Gasteiger partial charge in [-0.3, -0.25) is 4.79 Å². The molecule has 0 saturated heterocycles. The van der Waals surface area contributed by atoms with Gasteiger partial charge in [0.25, 0.3) is 0 Å². The summed E-state index contributed by atoms with van der Waals surface area (Å²) in [5.41, 5.74) is 0. The summed E-state index contributed by atoms with van der Waals surface area (Å²) in [4.78, 5) is 14.1. The first kappa shape index (κ1) is 12.5.